The molecule has 0 spiro atoms. The van der Waals surface area contributed by atoms with E-state index in [-0.39, 0.29) is 0 Å². The second-order valence-corrected chi connectivity index (χ2v) is 3.82. The summed E-state index contributed by atoms with van der Waals surface area (Å²) < 4.78 is 5.41. The van der Waals surface area contributed by atoms with Crippen molar-refractivity contribution in [2.45, 2.75) is 39.5 Å². The highest BCUT2D eigenvalue weighted by Crippen LogP contribution is 2.10. The summed E-state index contributed by atoms with van der Waals surface area (Å²) in [5.74, 6) is 1.81. The molecule has 0 aromatic rings. The Morgan fingerprint density at radius 2 is 2.00 bits per heavy atom. The average molecular weight is 190 g/mol. The van der Waals surface area contributed by atoms with Crippen molar-refractivity contribution in [2.24, 2.45) is 5.92 Å². The Bertz CT molecular complexity index is 85.9. The Morgan fingerprint density at radius 3 is 2.58 bits per heavy atom. The van der Waals surface area contributed by atoms with E-state index in [2.05, 4.69) is 26.5 Å². The molecule has 74 valence electrons. The molecule has 1 atom stereocenters. The third-order valence-corrected chi connectivity index (χ3v) is 2.27. The third kappa shape index (κ3) is 8.41. The maximum atomic E-state index is 5.41. The van der Waals surface area contributed by atoms with Gasteiger partial charge in [-0.2, -0.15) is 12.6 Å². The smallest absolute Gasteiger partial charge is 0.0468 e. The van der Waals surface area contributed by atoms with Crippen LogP contribution in [-0.4, -0.2) is 19.0 Å². The van der Waals surface area contributed by atoms with Gasteiger partial charge in [0.2, 0.25) is 0 Å². The van der Waals surface area contributed by atoms with Crippen molar-refractivity contribution in [3.63, 3.8) is 0 Å². The summed E-state index contributed by atoms with van der Waals surface area (Å²) in [6.07, 6.45) is 4.86. The van der Waals surface area contributed by atoms with Crippen LogP contribution in [0.1, 0.15) is 39.5 Å². The van der Waals surface area contributed by atoms with E-state index in [0.717, 1.165) is 31.3 Å². The molecule has 0 bridgehead atoms. The van der Waals surface area contributed by atoms with Crippen LogP contribution >= 0.6 is 12.6 Å². The molecule has 12 heavy (non-hydrogen) atoms. The van der Waals surface area contributed by atoms with Crippen LogP contribution in [0.5, 0.6) is 0 Å². The van der Waals surface area contributed by atoms with Gasteiger partial charge in [0.05, 0.1) is 0 Å². The highest BCUT2D eigenvalue weighted by molar-refractivity contribution is 7.80. The number of rotatable bonds is 8. The fraction of sp³-hybridized carbons (Fsp3) is 1.00. The largest absolute Gasteiger partial charge is 0.381 e. The van der Waals surface area contributed by atoms with Crippen molar-refractivity contribution in [2.75, 3.05) is 19.0 Å². The lowest BCUT2D eigenvalue weighted by molar-refractivity contribution is 0.121. The Morgan fingerprint density at radius 1 is 1.25 bits per heavy atom. The van der Waals surface area contributed by atoms with Gasteiger partial charge in [-0.1, -0.05) is 13.8 Å². The zero-order valence-corrected chi connectivity index (χ0v) is 9.28. The monoisotopic (exact) mass is 190 g/mol. The predicted octanol–water partition coefficient (Wildman–Crippen LogP) is 3.15. The highest BCUT2D eigenvalue weighted by Gasteiger charge is 2.00. The molecule has 0 saturated carbocycles. The van der Waals surface area contributed by atoms with Crippen LogP contribution in [-0.2, 0) is 4.74 Å². The van der Waals surface area contributed by atoms with Gasteiger partial charge in [-0.05, 0) is 37.4 Å². The summed E-state index contributed by atoms with van der Waals surface area (Å²) in [6.45, 7) is 6.28. The molecule has 2 heteroatoms. The standard InChI is InChI=1S/C10H22OS/c1-3-7-11-8-6-10(2)5-4-9-12/h10,12H,3-9H2,1-2H3. The average Bonchev–Trinajstić information content (AvgIpc) is 2.09. The molecule has 1 unspecified atom stereocenters. The number of hydrogen-bond donors (Lipinski definition) is 1. The van der Waals surface area contributed by atoms with Crippen LogP contribution in [0, 0.1) is 5.92 Å². The quantitative estimate of drug-likeness (QED) is 0.457. The molecular weight excluding hydrogens is 168 g/mol. The molecule has 0 amide bonds. The van der Waals surface area contributed by atoms with Crippen molar-refractivity contribution >= 4 is 12.6 Å². The lowest BCUT2D eigenvalue weighted by Gasteiger charge is -2.09. The molecule has 0 aromatic carbocycles. The van der Waals surface area contributed by atoms with Gasteiger partial charge in [0.25, 0.3) is 0 Å². The second kappa shape index (κ2) is 9.40. The first-order chi connectivity index (χ1) is 5.81. The van der Waals surface area contributed by atoms with Gasteiger partial charge >= 0.3 is 0 Å². The molecule has 0 aliphatic rings. The molecule has 0 rings (SSSR count). The normalized spacial score (nSPS) is 13.2. The molecule has 0 aliphatic carbocycles. The maximum Gasteiger partial charge on any atom is 0.0468 e. The summed E-state index contributed by atoms with van der Waals surface area (Å²) in [5.41, 5.74) is 0. The first-order valence-corrected chi connectivity index (χ1v) is 5.63. The van der Waals surface area contributed by atoms with Gasteiger partial charge in [-0.25, -0.2) is 0 Å². The van der Waals surface area contributed by atoms with E-state index < -0.39 is 0 Å². The fourth-order valence-corrected chi connectivity index (χ4v) is 1.30. The van der Waals surface area contributed by atoms with Gasteiger partial charge in [0.15, 0.2) is 0 Å². The lowest BCUT2D eigenvalue weighted by Crippen LogP contribution is -2.02. The zero-order chi connectivity index (χ0) is 9.23. The zero-order valence-electron chi connectivity index (χ0n) is 8.38. The predicted molar refractivity (Wildman–Crippen MR) is 58.0 cm³/mol. The minimum Gasteiger partial charge on any atom is -0.381 e. The molecule has 0 aliphatic heterocycles. The highest BCUT2D eigenvalue weighted by atomic mass is 32.1. The Balaban J connectivity index is 3.02. The van der Waals surface area contributed by atoms with E-state index in [1.165, 1.54) is 19.3 Å². The van der Waals surface area contributed by atoms with Gasteiger partial charge in [-0.3, -0.25) is 0 Å². The Kier molecular flexibility index (Phi) is 9.64. The van der Waals surface area contributed by atoms with Crippen LogP contribution in [0.4, 0.5) is 0 Å². The van der Waals surface area contributed by atoms with E-state index in [4.69, 9.17) is 4.74 Å². The summed E-state index contributed by atoms with van der Waals surface area (Å²) in [4.78, 5) is 0. The van der Waals surface area contributed by atoms with Crippen LogP contribution in [0.3, 0.4) is 0 Å². The minimum absolute atomic E-state index is 0.800. The van der Waals surface area contributed by atoms with E-state index in [1.54, 1.807) is 0 Å². The van der Waals surface area contributed by atoms with Crippen LogP contribution in [0.2, 0.25) is 0 Å². The maximum absolute atomic E-state index is 5.41. The molecule has 0 radical (unpaired) electrons. The van der Waals surface area contributed by atoms with E-state index in [0.29, 0.717) is 0 Å². The van der Waals surface area contributed by atoms with Crippen LogP contribution < -0.4 is 0 Å². The van der Waals surface area contributed by atoms with Crippen molar-refractivity contribution in [1.29, 1.82) is 0 Å². The van der Waals surface area contributed by atoms with Gasteiger partial charge < -0.3 is 4.74 Å². The number of ether oxygens (including phenoxy) is 1. The van der Waals surface area contributed by atoms with Gasteiger partial charge in [0.1, 0.15) is 0 Å². The second-order valence-electron chi connectivity index (χ2n) is 3.37. The fourth-order valence-electron chi connectivity index (χ4n) is 1.12. The van der Waals surface area contributed by atoms with Crippen LogP contribution in [0.15, 0.2) is 0 Å². The number of hydrogen-bond acceptors (Lipinski definition) is 2. The first kappa shape index (κ1) is 12.3. The van der Waals surface area contributed by atoms with Crippen molar-refractivity contribution in [3.05, 3.63) is 0 Å². The van der Waals surface area contributed by atoms with Gasteiger partial charge in [0, 0.05) is 13.2 Å². The summed E-state index contributed by atoms with van der Waals surface area (Å²) in [6, 6.07) is 0. The Hall–Kier alpha value is 0.310. The van der Waals surface area contributed by atoms with Crippen molar-refractivity contribution < 1.29 is 4.74 Å². The van der Waals surface area contributed by atoms with Crippen LogP contribution in [0.25, 0.3) is 0 Å². The molecule has 0 heterocycles. The number of thiol groups is 1. The summed E-state index contributed by atoms with van der Waals surface area (Å²) in [5, 5.41) is 0. The third-order valence-electron chi connectivity index (χ3n) is 1.96. The molecule has 1 nitrogen and oxygen atoms in total. The van der Waals surface area contributed by atoms with Crippen molar-refractivity contribution in [3.8, 4) is 0 Å². The van der Waals surface area contributed by atoms with Gasteiger partial charge in [-0.15, -0.1) is 0 Å². The van der Waals surface area contributed by atoms with E-state index in [1.807, 2.05) is 0 Å². The van der Waals surface area contributed by atoms with Crippen molar-refractivity contribution in [1.82, 2.24) is 0 Å². The summed E-state index contributed by atoms with van der Waals surface area (Å²) in [7, 11) is 0. The topological polar surface area (TPSA) is 9.23 Å². The molecule has 0 saturated heterocycles. The SMILES string of the molecule is CCCOCCC(C)CCCS. The molecule has 0 N–H and O–H groups in total. The Labute approximate surface area is 82.3 Å². The molecule has 0 fully saturated rings. The molecule has 0 aromatic heterocycles. The van der Waals surface area contributed by atoms with E-state index >= 15 is 0 Å². The lowest BCUT2D eigenvalue weighted by atomic mass is 10.0. The summed E-state index contributed by atoms with van der Waals surface area (Å²) >= 11 is 4.19. The molecular formula is C10H22OS. The first-order valence-electron chi connectivity index (χ1n) is 4.99. The minimum atomic E-state index is 0.800. The van der Waals surface area contributed by atoms with E-state index in [9.17, 15) is 0 Å².